The Bertz CT molecular complexity index is 1080. The molecule has 2 heterocycles. The predicted octanol–water partition coefficient (Wildman–Crippen LogP) is 1.71. The van der Waals surface area contributed by atoms with Crippen LogP contribution >= 0.6 is 0 Å². The van der Waals surface area contributed by atoms with Gasteiger partial charge < -0.3 is 5.11 Å². The molecule has 0 spiro atoms. The first-order valence-corrected chi connectivity index (χ1v) is 9.48. The third-order valence-electron chi connectivity index (χ3n) is 3.52. The number of nitrogens with one attached hydrogen (secondary N) is 1. The minimum Gasteiger partial charge on any atom is -0.478 e. The van der Waals surface area contributed by atoms with Crippen LogP contribution in [0.25, 0.3) is 17.1 Å². The quantitative estimate of drug-likeness (QED) is 0.659. The number of aromatic nitrogens is 4. The molecule has 27 heavy (non-hydrogen) atoms. The number of sulfonamides is 1. The van der Waals surface area contributed by atoms with Gasteiger partial charge in [0.15, 0.2) is 0 Å². The summed E-state index contributed by atoms with van der Waals surface area (Å²) in [5.74, 6) is -1.24. The molecule has 0 fully saturated rings. The van der Waals surface area contributed by atoms with E-state index in [9.17, 15) is 18.3 Å². The van der Waals surface area contributed by atoms with Gasteiger partial charge in [-0.05, 0) is 38.1 Å². The summed E-state index contributed by atoms with van der Waals surface area (Å²) in [4.78, 5) is 19.4. The van der Waals surface area contributed by atoms with Crippen LogP contribution in [0.1, 0.15) is 24.2 Å². The molecule has 0 saturated heterocycles. The zero-order valence-electron chi connectivity index (χ0n) is 14.6. The van der Waals surface area contributed by atoms with Crippen molar-refractivity contribution in [3.63, 3.8) is 0 Å². The molecular formula is C17H17N5O4S. The summed E-state index contributed by atoms with van der Waals surface area (Å²) in [6.07, 6.45) is 6.21. The number of hydrogen-bond acceptors (Lipinski definition) is 6. The zero-order valence-corrected chi connectivity index (χ0v) is 15.4. The molecule has 0 bridgehead atoms. The van der Waals surface area contributed by atoms with Crippen molar-refractivity contribution in [1.29, 1.82) is 0 Å². The maximum atomic E-state index is 12.5. The molecule has 0 aliphatic rings. The van der Waals surface area contributed by atoms with Gasteiger partial charge in [-0.1, -0.05) is 0 Å². The molecule has 0 atom stereocenters. The molecule has 140 valence electrons. The maximum absolute atomic E-state index is 12.5. The van der Waals surface area contributed by atoms with Gasteiger partial charge in [-0.25, -0.2) is 22.6 Å². The molecule has 0 saturated carbocycles. The van der Waals surface area contributed by atoms with Gasteiger partial charge in [-0.2, -0.15) is 5.10 Å². The van der Waals surface area contributed by atoms with Crippen LogP contribution in [-0.2, 0) is 10.0 Å². The molecule has 0 radical (unpaired) electrons. The summed E-state index contributed by atoms with van der Waals surface area (Å²) in [6, 6.07) is 5.18. The molecule has 0 aliphatic carbocycles. The fourth-order valence-corrected chi connectivity index (χ4v) is 3.72. The highest BCUT2D eigenvalue weighted by Gasteiger charge is 2.20. The molecular weight excluding hydrogens is 370 g/mol. The number of nitrogens with zero attached hydrogens (tertiary/aromatic N) is 4. The zero-order chi connectivity index (χ0) is 19.6. The molecule has 3 rings (SSSR count). The van der Waals surface area contributed by atoms with Gasteiger partial charge in [-0.15, -0.1) is 0 Å². The second-order valence-corrected chi connectivity index (χ2v) is 7.75. The fourth-order valence-electron chi connectivity index (χ4n) is 2.41. The first-order chi connectivity index (χ1) is 12.8. The highest BCUT2D eigenvalue weighted by molar-refractivity contribution is 7.89. The lowest BCUT2D eigenvalue weighted by atomic mass is 10.2. The largest absolute Gasteiger partial charge is 0.478 e. The van der Waals surface area contributed by atoms with Gasteiger partial charge >= 0.3 is 5.97 Å². The van der Waals surface area contributed by atoms with E-state index in [0.717, 1.165) is 6.07 Å². The van der Waals surface area contributed by atoms with Crippen molar-refractivity contribution in [2.45, 2.75) is 24.8 Å². The number of carboxylic acid groups (broad SMARTS) is 1. The average Bonchev–Trinajstić information content (AvgIpc) is 3.11. The van der Waals surface area contributed by atoms with E-state index in [1.54, 1.807) is 32.3 Å². The van der Waals surface area contributed by atoms with Gasteiger partial charge in [0.2, 0.25) is 10.0 Å². The summed E-state index contributed by atoms with van der Waals surface area (Å²) in [5.41, 5.74) is 1.20. The molecule has 3 aromatic rings. The van der Waals surface area contributed by atoms with Crippen LogP contribution < -0.4 is 4.72 Å². The van der Waals surface area contributed by atoms with Crippen molar-refractivity contribution in [2.75, 3.05) is 0 Å². The van der Waals surface area contributed by atoms with Crippen molar-refractivity contribution in [1.82, 2.24) is 24.5 Å². The summed E-state index contributed by atoms with van der Waals surface area (Å²) in [7, 11) is -3.87. The summed E-state index contributed by atoms with van der Waals surface area (Å²) in [5, 5.41) is 13.7. The Morgan fingerprint density at radius 2 is 1.96 bits per heavy atom. The Morgan fingerprint density at radius 3 is 2.59 bits per heavy atom. The summed E-state index contributed by atoms with van der Waals surface area (Å²) < 4.78 is 28.8. The van der Waals surface area contributed by atoms with Crippen molar-refractivity contribution in [3.8, 4) is 17.1 Å². The number of carboxylic acids is 1. The second kappa shape index (κ2) is 7.25. The Balaban J connectivity index is 2.08. The Morgan fingerprint density at radius 1 is 1.19 bits per heavy atom. The first-order valence-electron chi connectivity index (χ1n) is 7.99. The lowest BCUT2D eigenvalue weighted by molar-refractivity contribution is 0.0696. The van der Waals surface area contributed by atoms with E-state index in [1.807, 2.05) is 0 Å². The lowest BCUT2D eigenvalue weighted by Gasteiger charge is -2.12. The number of rotatable bonds is 6. The maximum Gasteiger partial charge on any atom is 0.335 e. The normalized spacial score (nSPS) is 11.7. The van der Waals surface area contributed by atoms with Crippen LogP contribution in [0.15, 0.2) is 53.9 Å². The Labute approximate surface area is 155 Å². The van der Waals surface area contributed by atoms with E-state index >= 15 is 0 Å². The van der Waals surface area contributed by atoms with Crippen LogP contribution in [0.2, 0.25) is 0 Å². The fraction of sp³-hybridized carbons (Fsp3) is 0.176. The second-order valence-electron chi connectivity index (χ2n) is 6.03. The highest BCUT2D eigenvalue weighted by Crippen LogP contribution is 2.21. The minimum atomic E-state index is -3.87. The topological polar surface area (TPSA) is 127 Å². The van der Waals surface area contributed by atoms with E-state index in [4.69, 9.17) is 0 Å². The van der Waals surface area contributed by atoms with Crippen LogP contribution in [-0.4, -0.2) is 45.3 Å². The van der Waals surface area contributed by atoms with Crippen molar-refractivity contribution >= 4 is 16.0 Å². The van der Waals surface area contributed by atoms with Crippen LogP contribution in [0.5, 0.6) is 0 Å². The number of benzene rings is 1. The SMILES string of the molecule is CC(C)NS(=O)(=O)c1cc(C(=O)O)cc(-n2ccc(-c3cnccn3)n2)c1. The number of hydrogen-bond donors (Lipinski definition) is 2. The van der Waals surface area contributed by atoms with E-state index in [-0.39, 0.29) is 16.5 Å². The van der Waals surface area contributed by atoms with E-state index in [2.05, 4.69) is 19.8 Å². The molecule has 1 aromatic carbocycles. The van der Waals surface area contributed by atoms with Crippen LogP contribution in [0.3, 0.4) is 0 Å². The molecule has 10 heteroatoms. The molecule has 0 aliphatic heterocycles. The van der Waals surface area contributed by atoms with Gasteiger partial charge in [0.05, 0.1) is 22.3 Å². The first kappa shape index (κ1) is 18.7. The molecule has 9 nitrogen and oxygen atoms in total. The lowest BCUT2D eigenvalue weighted by Crippen LogP contribution is -2.30. The van der Waals surface area contributed by atoms with Gasteiger partial charge in [-0.3, -0.25) is 9.97 Å². The molecule has 2 aromatic heterocycles. The van der Waals surface area contributed by atoms with Crippen molar-refractivity contribution in [2.24, 2.45) is 0 Å². The van der Waals surface area contributed by atoms with E-state index in [1.165, 1.54) is 29.2 Å². The summed E-state index contributed by atoms with van der Waals surface area (Å²) in [6.45, 7) is 3.36. The van der Waals surface area contributed by atoms with Crippen LogP contribution in [0.4, 0.5) is 0 Å². The monoisotopic (exact) mass is 387 g/mol. The predicted molar refractivity (Wildman–Crippen MR) is 97.0 cm³/mol. The Kier molecular flexibility index (Phi) is 5.02. The highest BCUT2D eigenvalue weighted by atomic mass is 32.2. The molecule has 0 unspecified atom stereocenters. The molecule has 0 amide bonds. The van der Waals surface area contributed by atoms with E-state index in [0.29, 0.717) is 17.1 Å². The minimum absolute atomic E-state index is 0.150. The van der Waals surface area contributed by atoms with Gasteiger partial charge in [0, 0.05) is 24.6 Å². The standard InChI is InChI=1S/C17H17N5O4S/c1-11(2)21-27(25,26)14-8-12(17(23)24)7-13(9-14)22-6-3-15(20-22)16-10-18-4-5-19-16/h3-11,21H,1-2H3,(H,23,24). The van der Waals surface area contributed by atoms with Gasteiger partial charge in [0.25, 0.3) is 0 Å². The Hall–Kier alpha value is -3.11. The molecule has 2 N–H and O–H groups in total. The van der Waals surface area contributed by atoms with Crippen molar-refractivity contribution in [3.05, 3.63) is 54.6 Å². The van der Waals surface area contributed by atoms with E-state index < -0.39 is 16.0 Å². The van der Waals surface area contributed by atoms with Crippen molar-refractivity contribution < 1.29 is 18.3 Å². The number of aromatic carboxylic acids is 1. The third-order valence-corrected chi connectivity index (χ3v) is 5.16. The smallest absolute Gasteiger partial charge is 0.335 e. The van der Waals surface area contributed by atoms with Crippen LogP contribution in [0, 0.1) is 0 Å². The van der Waals surface area contributed by atoms with Gasteiger partial charge in [0.1, 0.15) is 11.4 Å². The average molecular weight is 387 g/mol. The summed E-state index contributed by atoms with van der Waals surface area (Å²) >= 11 is 0. The number of carbonyl (C=O) groups is 1. The third kappa shape index (κ3) is 4.18.